The van der Waals surface area contributed by atoms with E-state index in [0.717, 1.165) is 37.9 Å². The van der Waals surface area contributed by atoms with Crippen LogP contribution in [0.5, 0.6) is 0 Å². The molecular weight excluding hydrogens is 326 g/mol. The minimum Gasteiger partial charge on any atom is -0.323 e. The number of anilines is 1. The maximum Gasteiger partial charge on any atom is 0.0873 e. The fraction of sp³-hybridized carbons (Fsp3) is 0.118. The summed E-state index contributed by atoms with van der Waals surface area (Å²) >= 11 is 3.61. The first kappa shape index (κ1) is 14.0. The van der Waals surface area contributed by atoms with Gasteiger partial charge in [-0.2, -0.15) is 0 Å². The van der Waals surface area contributed by atoms with Crippen LogP contribution in [0.25, 0.3) is 22.2 Å². The average molecular weight is 342 g/mol. The summed E-state index contributed by atoms with van der Waals surface area (Å²) in [6.07, 6.45) is 0. The van der Waals surface area contributed by atoms with E-state index in [4.69, 9.17) is 10.8 Å². The Bertz CT molecular complexity index is 813. The molecule has 1 heterocycles. The van der Waals surface area contributed by atoms with Crippen molar-refractivity contribution < 1.29 is 0 Å². The number of aryl methyl sites for hydroxylation is 1. The molecule has 3 aromatic rings. The highest BCUT2D eigenvalue weighted by Crippen LogP contribution is 2.36. The second-order valence-electron chi connectivity index (χ2n) is 5.11. The smallest absolute Gasteiger partial charge is 0.0873 e. The molecule has 3 N–H and O–H groups in total. The van der Waals surface area contributed by atoms with Gasteiger partial charge in [0, 0.05) is 21.0 Å². The van der Waals surface area contributed by atoms with E-state index in [1.54, 1.807) is 0 Å². The van der Waals surface area contributed by atoms with Gasteiger partial charge in [-0.25, -0.2) is 4.98 Å². The first-order valence-electron chi connectivity index (χ1n) is 6.74. The number of benzene rings is 2. The maximum atomic E-state index is 5.77. The lowest BCUT2D eigenvalue weighted by molar-refractivity contribution is 1.27. The van der Waals surface area contributed by atoms with Crippen molar-refractivity contribution in [1.29, 1.82) is 0 Å². The van der Waals surface area contributed by atoms with Crippen LogP contribution in [0.3, 0.4) is 0 Å². The lowest BCUT2D eigenvalue weighted by atomic mass is 10.0. The molecular formula is C17H16BrN3. The summed E-state index contributed by atoms with van der Waals surface area (Å²) in [6, 6.07) is 14.3. The average Bonchev–Trinajstić information content (AvgIpc) is 2.47. The van der Waals surface area contributed by atoms with Crippen LogP contribution in [0.1, 0.15) is 11.1 Å². The second-order valence-corrected chi connectivity index (χ2v) is 5.97. The molecule has 0 bridgehead atoms. The Kier molecular flexibility index (Phi) is 3.66. The number of hydrogen-bond acceptors (Lipinski definition) is 3. The molecule has 0 saturated carbocycles. The zero-order valence-corrected chi connectivity index (χ0v) is 13.5. The molecule has 0 saturated heterocycles. The predicted molar refractivity (Wildman–Crippen MR) is 92.2 cm³/mol. The van der Waals surface area contributed by atoms with Gasteiger partial charge in [0.1, 0.15) is 0 Å². The normalized spacial score (nSPS) is 10.9. The summed E-state index contributed by atoms with van der Waals surface area (Å²) in [5.41, 5.74) is 8.92. The lowest BCUT2D eigenvalue weighted by Gasteiger charge is -2.15. The molecule has 2 aromatic carbocycles. The van der Waals surface area contributed by atoms with E-state index in [1.165, 1.54) is 5.56 Å². The zero-order valence-electron chi connectivity index (χ0n) is 11.9. The van der Waals surface area contributed by atoms with Gasteiger partial charge in [0.05, 0.1) is 16.9 Å². The van der Waals surface area contributed by atoms with Gasteiger partial charge in [0.2, 0.25) is 0 Å². The van der Waals surface area contributed by atoms with Crippen LogP contribution in [-0.2, 0) is 0 Å². The highest BCUT2D eigenvalue weighted by molar-refractivity contribution is 9.10. The molecule has 21 heavy (non-hydrogen) atoms. The first-order chi connectivity index (χ1) is 10.1. The SMILES string of the molecule is Cc1cc(Br)c2nc(-c3ccccc3)c(C)c(NN)c2c1. The molecule has 3 rings (SSSR count). The number of nitrogen functional groups attached to an aromatic ring is 1. The van der Waals surface area contributed by atoms with Crippen LogP contribution < -0.4 is 11.3 Å². The van der Waals surface area contributed by atoms with Gasteiger partial charge >= 0.3 is 0 Å². The number of hydrazine groups is 1. The summed E-state index contributed by atoms with van der Waals surface area (Å²) in [7, 11) is 0. The number of pyridine rings is 1. The molecule has 0 amide bonds. The molecule has 0 unspecified atom stereocenters. The largest absolute Gasteiger partial charge is 0.323 e. The maximum absolute atomic E-state index is 5.77. The number of nitrogens with zero attached hydrogens (tertiary/aromatic N) is 1. The quantitative estimate of drug-likeness (QED) is 0.530. The number of nitrogens with two attached hydrogens (primary N) is 1. The van der Waals surface area contributed by atoms with Crippen molar-refractivity contribution in [2.24, 2.45) is 5.84 Å². The zero-order chi connectivity index (χ0) is 15.0. The Hall–Kier alpha value is -1.91. The van der Waals surface area contributed by atoms with E-state index in [-0.39, 0.29) is 0 Å². The van der Waals surface area contributed by atoms with Gasteiger partial charge in [-0.15, -0.1) is 0 Å². The number of halogens is 1. The van der Waals surface area contributed by atoms with Gasteiger partial charge in [-0.05, 0) is 47.5 Å². The van der Waals surface area contributed by atoms with Gasteiger partial charge in [0.25, 0.3) is 0 Å². The van der Waals surface area contributed by atoms with Crippen LogP contribution in [-0.4, -0.2) is 4.98 Å². The van der Waals surface area contributed by atoms with E-state index in [2.05, 4.69) is 52.5 Å². The molecule has 3 nitrogen and oxygen atoms in total. The third-order valence-corrected chi connectivity index (χ3v) is 4.23. The number of nitrogens with one attached hydrogen (secondary N) is 1. The Morgan fingerprint density at radius 3 is 2.48 bits per heavy atom. The minimum atomic E-state index is 0.915. The molecule has 0 aliphatic carbocycles. The molecule has 0 aliphatic heterocycles. The van der Waals surface area contributed by atoms with Gasteiger partial charge in [-0.1, -0.05) is 30.3 Å². The van der Waals surface area contributed by atoms with Crippen LogP contribution in [0.2, 0.25) is 0 Å². The Labute approximate surface area is 132 Å². The molecule has 0 fully saturated rings. The summed E-state index contributed by atoms with van der Waals surface area (Å²) in [6.45, 7) is 4.10. The highest BCUT2D eigenvalue weighted by Gasteiger charge is 2.14. The lowest BCUT2D eigenvalue weighted by Crippen LogP contribution is -2.10. The van der Waals surface area contributed by atoms with E-state index in [9.17, 15) is 0 Å². The molecule has 0 atom stereocenters. The fourth-order valence-corrected chi connectivity index (χ4v) is 3.28. The first-order valence-corrected chi connectivity index (χ1v) is 7.53. The van der Waals surface area contributed by atoms with Crippen LogP contribution in [0.4, 0.5) is 5.69 Å². The van der Waals surface area contributed by atoms with Crippen LogP contribution >= 0.6 is 15.9 Å². The van der Waals surface area contributed by atoms with E-state index in [1.807, 2.05) is 25.1 Å². The molecule has 4 heteroatoms. The van der Waals surface area contributed by atoms with Gasteiger partial charge in [0.15, 0.2) is 0 Å². The molecule has 0 aliphatic rings. The topological polar surface area (TPSA) is 50.9 Å². The summed E-state index contributed by atoms with van der Waals surface area (Å²) < 4.78 is 0.978. The third-order valence-electron chi connectivity index (χ3n) is 3.62. The monoisotopic (exact) mass is 341 g/mol. The number of fused-ring (bicyclic) bond motifs is 1. The van der Waals surface area contributed by atoms with Gasteiger partial charge in [-0.3, -0.25) is 5.84 Å². The Morgan fingerprint density at radius 2 is 1.81 bits per heavy atom. The molecule has 106 valence electrons. The molecule has 0 radical (unpaired) electrons. The minimum absolute atomic E-state index is 0.915. The summed E-state index contributed by atoms with van der Waals surface area (Å²) in [5, 5.41) is 1.03. The fourth-order valence-electron chi connectivity index (χ4n) is 2.62. The molecule has 1 aromatic heterocycles. The van der Waals surface area contributed by atoms with Crippen molar-refractivity contribution in [1.82, 2.24) is 4.98 Å². The van der Waals surface area contributed by atoms with Gasteiger partial charge < -0.3 is 5.43 Å². The van der Waals surface area contributed by atoms with Crippen molar-refractivity contribution in [3.05, 3.63) is 58.1 Å². The standard InChI is InChI=1S/C17H16BrN3/c1-10-8-13-16(21-19)11(2)15(12-6-4-3-5-7-12)20-17(13)14(18)9-10/h3-9H,19H2,1-2H3,(H,20,21). The Morgan fingerprint density at radius 1 is 1.10 bits per heavy atom. The summed E-state index contributed by atoms with van der Waals surface area (Å²) in [5.74, 6) is 5.77. The third kappa shape index (κ3) is 2.41. The van der Waals surface area contributed by atoms with Crippen LogP contribution in [0.15, 0.2) is 46.9 Å². The highest BCUT2D eigenvalue weighted by atomic mass is 79.9. The second kappa shape index (κ2) is 5.47. The van der Waals surface area contributed by atoms with Crippen molar-refractivity contribution in [2.45, 2.75) is 13.8 Å². The predicted octanol–water partition coefficient (Wildman–Crippen LogP) is 4.57. The Balaban J connectivity index is 2.41. The van der Waals surface area contributed by atoms with Crippen LogP contribution in [0, 0.1) is 13.8 Å². The van der Waals surface area contributed by atoms with Crippen molar-refractivity contribution in [3.63, 3.8) is 0 Å². The molecule has 0 spiro atoms. The van der Waals surface area contributed by atoms with Crippen molar-refractivity contribution in [2.75, 3.05) is 5.43 Å². The van der Waals surface area contributed by atoms with Crippen molar-refractivity contribution in [3.8, 4) is 11.3 Å². The number of rotatable bonds is 2. The van der Waals surface area contributed by atoms with E-state index < -0.39 is 0 Å². The van der Waals surface area contributed by atoms with Crippen molar-refractivity contribution >= 4 is 32.5 Å². The number of hydrogen-bond donors (Lipinski definition) is 2. The van der Waals surface area contributed by atoms with E-state index >= 15 is 0 Å². The van der Waals surface area contributed by atoms with E-state index in [0.29, 0.717) is 0 Å². The summed E-state index contributed by atoms with van der Waals surface area (Å²) in [4.78, 5) is 4.85. The number of aromatic nitrogens is 1.